The van der Waals surface area contributed by atoms with Crippen molar-refractivity contribution < 1.29 is 19.1 Å². The van der Waals surface area contributed by atoms with Gasteiger partial charge in [-0.3, -0.25) is 9.69 Å². The summed E-state index contributed by atoms with van der Waals surface area (Å²) in [4.78, 5) is 28.4. The van der Waals surface area contributed by atoms with Crippen LogP contribution in [0.5, 0.6) is 0 Å². The maximum absolute atomic E-state index is 12.4. The van der Waals surface area contributed by atoms with Gasteiger partial charge in [-0.05, 0) is 51.5 Å². The molecule has 1 fully saturated rings. The first-order chi connectivity index (χ1) is 14.0. The van der Waals surface area contributed by atoms with E-state index in [0.29, 0.717) is 37.5 Å². The van der Waals surface area contributed by atoms with Gasteiger partial charge in [-0.1, -0.05) is 0 Å². The number of aryl methyl sites for hydroxylation is 1. The molecule has 0 saturated carbocycles. The van der Waals surface area contributed by atoms with Crippen LogP contribution in [0, 0.1) is 6.92 Å². The summed E-state index contributed by atoms with van der Waals surface area (Å²) in [6, 6.07) is 5.35. The first-order valence-corrected chi connectivity index (χ1v) is 10.4. The molecule has 0 spiro atoms. The average molecular weight is 421 g/mol. The smallest absolute Gasteiger partial charge is 0.410 e. The number of nitrogens with two attached hydrogens (primary N) is 1. The lowest BCUT2D eigenvalue weighted by Gasteiger charge is -2.35. The van der Waals surface area contributed by atoms with E-state index in [1.807, 2.05) is 33.8 Å². The van der Waals surface area contributed by atoms with Crippen LogP contribution in [0.4, 0.5) is 10.5 Å². The zero-order chi connectivity index (χ0) is 22.3. The number of nitrogens with zero attached hydrogens (tertiary/aromatic N) is 2. The van der Waals surface area contributed by atoms with Gasteiger partial charge in [-0.2, -0.15) is 0 Å². The van der Waals surface area contributed by atoms with Gasteiger partial charge in [0, 0.05) is 44.5 Å². The second kappa shape index (κ2) is 10.7. The maximum Gasteiger partial charge on any atom is 0.410 e. The van der Waals surface area contributed by atoms with Gasteiger partial charge < -0.3 is 25.4 Å². The third kappa shape index (κ3) is 7.93. The third-order valence-electron chi connectivity index (χ3n) is 4.85. The fraction of sp³-hybridized carbons (Fsp3) is 0.636. The molecule has 1 unspecified atom stereocenters. The number of likely N-dealkylation sites (N-methyl/N-ethyl adjacent to an activating group) is 1. The summed E-state index contributed by atoms with van der Waals surface area (Å²) in [5.74, 6) is 0.0614. The number of carbonyl (C=O) groups excluding carboxylic acids is 2. The number of nitrogen functional groups attached to an aromatic ring is 1. The average Bonchev–Trinajstić information content (AvgIpc) is 2.64. The van der Waals surface area contributed by atoms with Gasteiger partial charge in [0.15, 0.2) is 5.78 Å². The lowest BCUT2D eigenvalue weighted by Crippen LogP contribution is -2.50. The summed E-state index contributed by atoms with van der Waals surface area (Å²) >= 11 is 0. The molecular weight excluding hydrogens is 384 g/mol. The summed E-state index contributed by atoms with van der Waals surface area (Å²) in [6.07, 6.45) is -0.406. The van der Waals surface area contributed by atoms with Crippen LogP contribution in [0.1, 0.15) is 36.7 Å². The number of hydrogen-bond acceptors (Lipinski definition) is 7. The maximum atomic E-state index is 12.4. The Labute approximate surface area is 179 Å². The summed E-state index contributed by atoms with van der Waals surface area (Å²) in [5, 5.41) is 3.22. The minimum absolute atomic E-state index is 0.0599. The number of anilines is 1. The molecule has 1 saturated heterocycles. The molecule has 1 aromatic carbocycles. The van der Waals surface area contributed by atoms with E-state index in [2.05, 4.69) is 10.2 Å². The van der Waals surface area contributed by atoms with Crippen LogP contribution in [0.3, 0.4) is 0 Å². The number of ketones is 1. The molecule has 1 aliphatic heterocycles. The number of Topliss-reactive ketones (excluding diaryl/α,β-unsaturated/α-hetero) is 1. The van der Waals surface area contributed by atoms with Crippen molar-refractivity contribution in [2.24, 2.45) is 0 Å². The van der Waals surface area contributed by atoms with E-state index in [1.165, 1.54) is 0 Å². The molecule has 3 N–H and O–H groups in total. The van der Waals surface area contributed by atoms with Crippen molar-refractivity contribution in [3.63, 3.8) is 0 Å². The second-order valence-electron chi connectivity index (χ2n) is 8.83. The zero-order valence-electron chi connectivity index (χ0n) is 18.9. The summed E-state index contributed by atoms with van der Waals surface area (Å²) in [6.45, 7) is 11.9. The Hall–Kier alpha value is -2.16. The quantitative estimate of drug-likeness (QED) is 0.377. The number of benzene rings is 1. The number of nitrogens with one attached hydrogen (secondary N) is 1. The molecule has 1 heterocycles. The van der Waals surface area contributed by atoms with Crippen LogP contribution in [-0.2, 0) is 9.47 Å². The number of carbonyl (C=O) groups is 2. The van der Waals surface area contributed by atoms with Gasteiger partial charge in [-0.25, -0.2) is 4.79 Å². The minimum atomic E-state index is -0.515. The highest BCUT2D eigenvalue weighted by atomic mass is 16.6. The molecule has 168 valence electrons. The van der Waals surface area contributed by atoms with Gasteiger partial charge in [-0.15, -0.1) is 0 Å². The normalized spacial score (nSPS) is 17.6. The molecule has 8 nitrogen and oxygen atoms in total. The molecule has 1 atom stereocenters. The highest BCUT2D eigenvalue weighted by Crippen LogP contribution is 2.13. The predicted octanol–water partition coefficient (Wildman–Crippen LogP) is 1.92. The van der Waals surface area contributed by atoms with Crippen molar-refractivity contribution in [3.05, 3.63) is 29.3 Å². The van der Waals surface area contributed by atoms with Crippen LogP contribution < -0.4 is 11.1 Å². The molecule has 1 amide bonds. The lowest BCUT2D eigenvalue weighted by molar-refractivity contribution is -0.0439. The summed E-state index contributed by atoms with van der Waals surface area (Å²) < 4.78 is 11.2. The molecule has 0 radical (unpaired) electrons. The van der Waals surface area contributed by atoms with Gasteiger partial charge in [0.25, 0.3) is 0 Å². The summed E-state index contributed by atoms with van der Waals surface area (Å²) in [5.41, 5.74) is 7.49. The van der Waals surface area contributed by atoms with Crippen molar-refractivity contribution in [2.45, 2.75) is 39.4 Å². The van der Waals surface area contributed by atoms with Crippen molar-refractivity contribution in [2.75, 3.05) is 58.7 Å². The van der Waals surface area contributed by atoms with Crippen LogP contribution >= 0.6 is 0 Å². The Balaban J connectivity index is 1.71. The van der Waals surface area contributed by atoms with Crippen LogP contribution in [-0.4, -0.2) is 86.3 Å². The number of rotatable bonds is 8. The fourth-order valence-corrected chi connectivity index (χ4v) is 3.35. The van der Waals surface area contributed by atoms with E-state index < -0.39 is 5.60 Å². The van der Waals surface area contributed by atoms with E-state index in [0.717, 1.165) is 25.2 Å². The van der Waals surface area contributed by atoms with E-state index in [4.69, 9.17) is 15.2 Å². The van der Waals surface area contributed by atoms with Crippen molar-refractivity contribution in [1.29, 1.82) is 0 Å². The molecule has 1 aliphatic rings. The zero-order valence-corrected chi connectivity index (χ0v) is 18.9. The van der Waals surface area contributed by atoms with Crippen molar-refractivity contribution >= 4 is 17.6 Å². The first-order valence-electron chi connectivity index (χ1n) is 10.4. The topological polar surface area (TPSA) is 97.1 Å². The van der Waals surface area contributed by atoms with Gasteiger partial charge >= 0.3 is 6.09 Å². The predicted molar refractivity (Wildman–Crippen MR) is 118 cm³/mol. The molecule has 0 bridgehead atoms. The molecule has 30 heavy (non-hydrogen) atoms. The molecule has 0 aliphatic carbocycles. The lowest BCUT2D eigenvalue weighted by atomic mass is 10.0. The molecule has 2 rings (SSSR count). The van der Waals surface area contributed by atoms with E-state index >= 15 is 0 Å². The highest BCUT2D eigenvalue weighted by molar-refractivity contribution is 5.99. The largest absolute Gasteiger partial charge is 0.444 e. The monoisotopic (exact) mass is 420 g/mol. The fourth-order valence-electron chi connectivity index (χ4n) is 3.35. The van der Waals surface area contributed by atoms with Gasteiger partial charge in [0.1, 0.15) is 5.60 Å². The Bertz CT molecular complexity index is 732. The Morgan fingerprint density at radius 2 is 2.10 bits per heavy atom. The van der Waals surface area contributed by atoms with Crippen molar-refractivity contribution in [1.82, 2.24) is 15.1 Å². The highest BCUT2D eigenvalue weighted by Gasteiger charge is 2.25. The minimum Gasteiger partial charge on any atom is -0.444 e. The number of hydrogen-bond donors (Lipinski definition) is 2. The number of morpholine rings is 1. The van der Waals surface area contributed by atoms with E-state index in [-0.39, 0.29) is 18.0 Å². The Morgan fingerprint density at radius 1 is 1.37 bits per heavy atom. The first kappa shape index (κ1) is 24.1. The van der Waals surface area contributed by atoms with Gasteiger partial charge in [0.05, 0.1) is 25.8 Å². The third-order valence-corrected chi connectivity index (χ3v) is 4.85. The van der Waals surface area contributed by atoms with E-state index in [1.54, 1.807) is 24.1 Å². The number of ether oxygens (including phenoxy) is 2. The summed E-state index contributed by atoms with van der Waals surface area (Å²) in [7, 11) is 1.72. The Morgan fingerprint density at radius 3 is 2.77 bits per heavy atom. The van der Waals surface area contributed by atoms with Gasteiger partial charge in [0.2, 0.25) is 0 Å². The standard InChI is InChI=1S/C22H36N4O4/c1-16-12-17(23)6-7-19(16)20(27)13-24-8-9-26-10-11-29-18(15-26)14-25(5)21(28)30-22(2,3)4/h6-7,12,18,24H,8-11,13-15,23H2,1-5H3. The Kier molecular flexibility index (Phi) is 8.64. The molecule has 8 heteroatoms. The number of amides is 1. The van der Waals surface area contributed by atoms with Crippen LogP contribution in [0.15, 0.2) is 18.2 Å². The molecular formula is C22H36N4O4. The van der Waals surface area contributed by atoms with Crippen LogP contribution in [0.25, 0.3) is 0 Å². The van der Waals surface area contributed by atoms with Crippen LogP contribution in [0.2, 0.25) is 0 Å². The molecule has 1 aromatic rings. The SMILES string of the molecule is Cc1cc(N)ccc1C(=O)CNCCN1CCOC(CN(C)C(=O)OC(C)(C)C)C1. The van der Waals surface area contributed by atoms with E-state index in [9.17, 15) is 9.59 Å². The molecule has 0 aromatic heterocycles. The second-order valence-corrected chi connectivity index (χ2v) is 8.83. The van der Waals surface area contributed by atoms with Crippen molar-refractivity contribution in [3.8, 4) is 0 Å².